The summed E-state index contributed by atoms with van der Waals surface area (Å²) in [7, 11) is 0. The molecule has 0 aliphatic carbocycles. The summed E-state index contributed by atoms with van der Waals surface area (Å²) in [6.45, 7) is 9.71. The molecule has 1 aliphatic rings. The first-order valence-electron chi connectivity index (χ1n) is 10.8. The van der Waals surface area contributed by atoms with E-state index in [4.69, 9.17) is 21.7 Å². The Balaban J connectivity index is 1.42. The Morgan fingerprint density at radius 2 is 1.66 bits per heavy atom. The largest absolute Gasteiger partial charge is 0.493 e. The van der Waals surface area contributed by atoms with E-state index >= 15 is 0 Å². The fraction of sp³-hybridized carbons (Fsp3) is 0.308. The molecule has 4 nitrogen and oxygen atoms in total. The van der Waals surface area contributed by atoms with Crippen LogP contribution in [0.4, 0.5) is 0 Å². The summed E-state index contributed by atoms with van der Waals surface area (Å²) < 4.78 is 12.2. The predicted octanol–water partition coefficient (Wildman–Crippen LogP) is 6.44. The predicted molar refractivity (Wildman–Crippen MR) is 137 cm³/mol. The number of carbonyl (C=O) groups excluding carboxylic acids is 1. The minimum absolute atomic E-state index is 0.0743. The Bertz CT molecular complexity index is 968. The Hall–Kier alpha value is -2.57. The molecule has 168 valence electrons. The second-order valence-corrected chi connectivity index (χ2v) is 9.25. The van der Waals surface area contributed by atoms with Crippen LogP contribution in [0, 0.1) is 0 Å². The molecule has 0 aromatic heterocycles. The maximum absolute atomic E-state index is 12.4. The number of hydrogen-bond acceptors (Lipinski definition) is 5. The van der Waals surface area contributed by atoms with Gasteiger partial charge in [-0.1, -0.05) is 68.2 Å². The number of ether oxygens (including phenoxy) is 2. The summed E-state index contributed by atoms with van der Waals surface area (Å²) in [5.41, 5.74) is 2.27. The Labute approximate surface area is 200 Å². The van der Waals surface area contributed by atoms with Gasteiger partial charge in [0.2, 0.25) is 0 Å². The van der Waals surface area contributed by atoms with Crippen molar-refractivity contribution in [1.82, 2.24) is 4.90 Å². The van der Waals surface area contributed by atoms with Gasteiger partial charge in [-0.25, -0.2) is 0 Å². The van der Waals surface area contributed by atoms with Crippen LogP contribution < -0.4 is 9.47 Å². The average molecular weight is 468 g/mol. The highest BCUT2D eigenvalue weighted by molar-refractivity contribution is 8.26. The maximum Gasteiger partial charge on any atom is 0.266 e. The summed E-state index contributed by atoms with van der Waals surface area (Å²) in [4.78, 5) is 14.6. The summed E-state index contributed by atoms with van der Waals surface area (Å²) in [6.07, 6.45) is 5.46. The number of benzene rings is 2. The molecular weight excluding hydrogens is 438 g/mol. The van der Waals surface area contributed by atoms with E-state index < -0.39 is 0 Å². The van der Waals surface area contributed by atoms with Crippen molar-refractivity contribution < 1.29 is 14.3 Å². The zero-order chi connectivity index (χ0) is 22.9. The monoisotopic (exact) mass is 467 g/mol. The Kier molecular flexibility index (Phi) is 8.94. The third kappa shape index (κ3) is 6.47. The third-order valence-corrected chi connectivity index (χ3v) is 6.63. The van der Waals surface area contributed by atoms with Gasteiger partial charge in [0.25, 0.3) is 5.91 Å². The zero-order valence-corrected chi connectivity index (χ0v) is 20.2. The highest BCUT2D eigenvalue weighted by atomic mass is 32.2. The molecule has 3 rings (SSSR count). The smallest absolute Gasteiger partial charge is 0.266 e. The number of carbonyl (C=O) groups is 1. The molecule has 2 aromatic carbocycles. The fourth-order valence-corrected chi connectivity index (χ4v) is 4.44. The van der Waals surface area contributed by atoms with Gasteiger partial charge in [-0.05, 0) is 53.8 Å². The second kappa shape index (κ2) is 11.9. The Morgan fingerprint density at radius 1 is 1.06 bits per heavy atom. The van der Waals surface area contributed by atoms with E-state index in [0.717, 1.165) is 29.9 Å². The molecule has 1 aliphatic heterocycles. The van der Waals surface area contributed by atoms with Crippen LogP contribution in [0.3, 0.4) is 0 Å². The van der Waals surface area contributed by atoms with Gasteiger partial charge in [0, 0.05) is 13.0 Å². The zero-order valence-electron chi connectivity index (χ0n) is 18.6. The van der Waals surface area contributed by atoms with E-state index in [0.29, 0.717) is 34.9 Å². The summed E-state index contributed by atoms with van der Waals surface area (Å²) in [5, 5.41) is 0. The minimum atomic E-state index is -0.0743. The van der Waals surface area contributed by atoms with E-state index in [1.165, 1.54) is 17.3 Å². The van der Waals surface area contributed by atoms with E-state index in [1.54, 1.807) is 11.0 Å². The van der Waals surface area contributed by atoms with Crippen LogP contribution in [0.25, 0.3) is 6.08 Å². The second-order valence-electron chi connectivity index (χ2n) is 7.58. The molecular formula is C26H29NO3S2. The molecule has 6 heteroatoms. The lowest BCUT2D eigenvalue weighted by molar-refractivity contribution is -0.121. The number of thioether (sulfide) groups is 1. The number of thiocarbonyl (C=S) groups is 1. The normalized spacial score (nSPS) is 15.8. The van der Waals surface area contributed by atoms with Crippen LogP contribution in [-0.2, 0) is 4.79 Å². The first-order chi connectivity index (χ1) is 15.5. The van der Waals surface area contributed by atoms with Crippen LogP contribution in [0.5, 0.6) is 11.5 Å². The first-order valence-corrected chi connectivity index (χ1v) is 12.1. The molecule has 32 heavy (non-hydrogen) atoms. The summed E-state index contributed by atoms with van der Waals surface area (Å²) in [6, 6.07) is 16.0. The molecule has 1 fully saturated rings. The molecule has 0 bridgehead atoms. The average Bonchev–Trinajstić information content (AvgIpc) is 3.07. The van der Waals surface area contributed by atoms with Crippen LogP contribution in [0.2, 0.25) is 0 Å². The van der Waals surface area contributed by atoms with Gasteiger partial charge in [0.05, 0.1) is 18.1 Å². The van der Waals surface area contributed by atoms with Gasteiger partial charge in [0.15, 0.2) is 0 Å². The number of nitrogens with zero attached hydrogens (tertiary/aromatic N) is 1. The quantitative estimate of drug-likeness (QED) is 0.165. The lowest BCUT2D eigenvalue weighted by atomic mass is 9.99. The van der Waals surface area contributed by atoms with Crippen LogP contribution in [0.1, 0.15) is 43.7 Å². The number of rotatable bonds is 11. The molecule has 0 spiro atoms. The Morgan fingerprint density at radius 3 is 2.22 bits per heavy atom. The summed E-state index contributed by atoms with van der Waals surface area (Å²) in [5.74, 6) is 2.18. The van der Waals surface area contributed by atoms with Gasteiger partial charge >= 0.3 is 0 Å². The van der Waals surface area contributed by atoms with Crippen LogP contribution in [0.15, 0.2) is 66.1 Å². The van der Waals surface area contributed by atoms with Gasteiger partial charge in [-0.15, -0.1) is 6.58 Å². The minimum Gasteiger partial charge on any atom is -0.493 e. The molecule has 1 amide bonds. The van der Waals surface area contributed by atoms with Gasteiger partial charge in [-0.3, -0.25) is 9.69 Å². The van der Waals surface area contributed by atoms with Crippen molar-refractivity contribution in [3.05, 3.63) is 77.2 Å². The fourth-order valence-electron chi connectivity index (χ4n) is 3.17. The third-order valence-electron chi connectivity index (χ3n) is 5.25. The van der Waals surface area contributed by atoms with Crippen LogP contribution in [-0.4, -0.2) is 34.9 Å². The number of hydrogen-bond donors (Lipinski definition) is 0. The van der Waals surface area contributed by atoms with Crippen molar-refractivity contribution in [1.29, 1.82) is 0 Å². The lowest BCUT2D eigenvalue weighted by Gasteiger charge is -2.11. The van der Waals surface area contributed by atoms with Crippen molar-refractivity contribution in [2.45, 2.75) is 32.6 Å². The molecule has 1 saturated heterocycles. The van der Waals surface area contributed by atoms with Crippen molar-refractivity contribution in [3.63, 3.8) is 0 Å². The highest BCUT2D eigenvalue weighted by Gasteiger charge is 2.30. The van der Waals surface area contributed by atoms with E-state index in [2.05, 4.69) is 32.6 Å². The van der Waals surface area contributed by atoms with Crippen molar-refractivity contribution in [2.24, 2.45) is 0 Å². The molecule has 0 unspecified atom stereocenters. The van der Waals surface area contributed by atoms with Crippen molar-refractivity contribution in [2.75, 3.05) is 19.8 Å². The van der Waals surface area contributed by atoms with Crippen LogP contribution >= 0.6 is 24.0 Å². The molecule has 0 radical (unpaired) electrons. The van der Waals surface area contributed by atoms with Crippen molar-refractivity contribution in [3.8, 4) is 11.5 Å². The van der Waals surface area contributed by atoms with E-state index in [1.807, 2.05) is 42.5 Å². The molecule has 0 N–H and O–H groups in total. The SMILES string of the molecule is C=CCN1C(=O)/C(=C\c2ccc(OCCCOc3ccc([C@H](C)CC)cc3)cc2)SC1=S. The highest BCUT2D eigenvalue weighted by Crippen LogP contribution is 2.32. The van der Waals surface area contributed by atoms with Gasteiger partial charge in [-0.2, -0.15) is 0 Å². The number of amides is 1. The standard InChI is InChI=1S/C26H29NO3S2/c1-4-15-27-25(28)24(32-26(27)31)18-20-7-11-22(12-8-20)29-16-6-17-30-23-13-9-21(10-14-23)19(3)5-2/h4,7-14,18-19H,1,5-6,15-17H2,2-3H3/b24-18+/t19-/m1/s1. The lowest BCUT2D eigenvalue weighted by Crippen LogP contribution is -2.27. The first kappa shape index (κ1) is 24.1. The molecule has 0 saturated carbocycles. The van der Waals surface area contributed by atoms with E-state index in [-0.39, 0.29) is 5.91 Å². The molecule has 1 atom stereocenters. The van der Waals surface area contributed by atoms with Gasteiger partial charge in [0.1, 0.15) is 15.8 Å². The molecule has 1 heterocycles. The van der Waals surface area contributed by atoms with Gasteiger partial charge < -0.3 is 9.47 Å². The summed E-state index contributed by atoms with van der Waals surface area (Å²) >= 11 is 6.58. The maximum atomic E-state index is 12.4. The molecule has 2 aromatic rings. The van der Waals surface area contributed by atoms with E-state index in [9.17, 15) is 4.79 Å². The topological polar surface area (TPSA) is 38.8 Å². The van der Waals surface area contributed by atoms with Crippen molar-refractivity contribution >= 4 is 40.3 Å².